The highest BCUT2D eigenvalue weighted by Crippen LogP contribution is 2.08. The molecule has 1 aromatic heterocycles. The summed E-state index contributed by atoms with van der Waals surface area (Å²) in [6, 6.07) is 11.9. The number of hydrogen-bond donors (Lipinski definition) is 1. The number of hydrogen-bond acceptors (Lipinski definition) is 2. The van der Waals surface area contributed by atoms with Crippen molar-refractivity contribution in [2.45, 2.75) is 26.3 Å². The molecule has 3 nitrogen and oxygen atoms in total. The third kappa shape index (κ3) is 3.47. The minimum Gasteiger partial charge on any atom is -0.494 e. The highest BCUT2D eigenvalue weighted by atomic mass is 32.1. The molecule has 2 rings (SSSR count). The normalized spacial score (nSPS) is 10.5. The molecule has 0 spiro atoms. The predicted octanol–water partition coefficient (Wildman–Crippen LogP) is 3.58. The third-order valence-corrected chi connectivity index (χ3v) is 3.10. The molecule has 18 heavy (non-hydrogen) atoms. The number of aromatic amines is 1. The average Bonchev–Trinajstić information content (AvgIpc) is 2.77. The standard InChI is InChI=1S/C14H18N2OS/c1-2-12-11-14(18)16(15-12)9-6-10-17-13-7-4-3-5-8-13/h3-5,7-8,11,15H,2,6,9-10H2,1H3. The van der Waals surface area contributed by atoms with Crippen LogP contribution in [-0.2, 0) is 13.0 Å². The lowest BCUT2D eigenvalue weighted by atomic mass is 10.3. The van der Waals surface area contributed by atoms with E-state index in [1.54, 1.807) is 0 Å². The smallest absolute Gasteiger partial charge is 0.122 e. The summed E-state index contributed by atoms with van der Waals surface area (Å²) in [7, 11) is 0. The first-order chi connectivity index (χ1) is 8.79. The van der Waals surface area contributed by atoms with Crippen molar-refractivity contribution in [3.05, 3.63) is 46.7 Å². The molecule has 96 valence electrons. The van der Waals surface area contributed by atoms with Crippen molar-refractivity contribution in [2.75, 3.05) is 6.61 Å². The molecule has 2 aromatic rings. The number of H-pyrrole nitrogens is 1. The van der Waals surface area contributed by atoms with Gasteiger partial charge in [0, 0.05) is 18.7 Å². The van der Waals surface area contributed by atoms with Gasteiger partial charge in [-0.15, -0.1) is 0 Å². The van der Waals surface area contributed by atoms with E-state index in [-0.39, 0.29) is 0 Å². The van der Waals surface area contributed by atoms with E-state index in [0.29, 0.717) is 6.61 Å². The highest BCUT2D eigenvalue weighted by Gasteiger charge is 1.98. The van der Waals surface area contributed by atoms with Gasteiger partial charge in [-0.3, -0.25) is 4.68 Å². The Labute approximate surface area is 112 Å². The third-order valence-electron chi connectivity index (χ3n) is 2.76. The van der Waals surface area contributed by atoms with Gasteiger partial charge in [-0.2, -0.15) is 0 Å². The fourth-order valence-electron chi connectivity index (χ4n) is 1.76. The Kier molecular flexibility index (Phi) is 4.59. The number of ether oxygens (including phenoxy) is 1. The fourth-order valence-corrected chi connectivity index (χ4v) is 2.04. The van der Waals surface area contributed by atoms with Crippen LogP contribution in [0, 0.1) is 4.64 Å². The Hall–Kier alpha value is -1.55. The molecule has 0 atom stereocenters. The molecule has 0 radical (unpaired) electrons. The van der Waals surface area contributed by atoms with Crippen LogP contribution in [0.2, 0.25) is 0 Å². The molecule has 0 unspecified atom stereocenters. The minimum absolute atomic E-state index is 0.701. The molecule has 0 saturated carbocycles. The van der Waals surface area contributed by atoms with Crippen LogP contribution >= 0.6 is 12.2 Å². The average molecular weight is 262 g/mol. The Morgan fingerprint density at radius 1 is 1.28 bits per heavy atom. The van der Waals surface area contributed by atoms with E-state index in [1.165, 1.54) is 5.69 Å². The lowest BCUT2D eigenvalue weighted by Crippen LogP contribution is -2.06. The molecule has 1 aromatic carbocycles. The summed E-state index contributed by atoms with van der Waals surface area (Å²) in [5, 5.41) is 3.29. The second-order valence-electron chi connectivity index (χ2n) is 4.14. The number of nitrogens with one attached hydrogen (secondary N) is 1. The van der Waals surface area contributed by atoms with Gasteiger partial charge >= 0.3 is 0 Å². The largest absolute Gasteiger partial charge is 0.494 e. The van der Waals surface area contributed by atoms with E-state index in [9.17, 15) is 0 Å². The van der Waals surface area contributed by atoms with Crippen molar-refractivity contribution in [3.63, 3.8) is 0 Å². The number of rotatable bonds is 6. The number of benzene rings is 1. The number of para-hydroxylation sites is 1. The first kappa shape index (κ1) is 12.9. The highest BCUT2D eigenvalue weighted by molar-refractivity contribution is 7.71. The zero-order chi connectivity index (χ0) is 12.8. The zero-order valence-corrected chi connectivity index (χ0v) is 11.4. The van der Waals surface area contributed by atoms with Gasteiger partial charge in [-0.05, 0) is 24.6 Å². The molecule has 4 heteroatoms. The molecule has 0 saturated heterocycles. The Morgan fingerprint density at radius 2 is 2.06 bits per heavy atom. The molecule has 1 heterocycles. The molecule has 0 aliphatic heterocycles. The molecular weight excluding hydrogens is 244 g/mol. The monoisotopic (exact) mass is 262 g/mol. The number of aryl methyl sites for hydroxylation is 2. The quantitative estimate of drug-likeness (QED) is 0.637. The van der Waals surface area contributed by atoms with Gasteiger partial charge in [0.25, 0.3) is 0 Å². The maximum absolute atomic E-state index is 5.64. The summed E-state index contributed by atoms with van der Waals surface area (Å²) in [6.07, 6.45) is 1.92. The lowest BCUT2D eigenvalue weighted by molar-refractivity contribution is 0.298. The summed E-state index contributed by atoms with van der Waals surface area (Å²) in [6.45, 7) is 3.68. The fraction of sp³-hybridized carbons (Fsp3) is 0.357. The zero-order valence-electron chi connectivity index (χ0n) is 10.6. The first-order valence-electron chi connectivity index (χ1n) is 6.26. The van der Waals surface area contributed by atoms with Crippen LogP contribution in [-0.4, -0.2) is 16.4 Å². The van der Waals surface area contributed by atoms with E-state index in [2.05, 4.69) is 12.0 Å². The van der Waals surface area contributed by atoms with Gasteiger partial charge in [0.15, 0.2) is 0 Å². The summed E-state index contributed by atoms with van der Waals surface area (Å²) in [5.74, 6) is 0.918. The second-order valence-corrected chi connectivity index (χ2v) is 4.56. The second kappa shape index (κ2) is 6.40. The molecule has 0 fully saturated rings. The molecule has 0 bridgehead atoms. The predicted molar refractivity (Wildman–Crippen MR) is 75.5 cm³/mol. The maximum Gasteiger partial charge on any atom is 0.122 e. The van der Waals surface area contributed by atoms with Crippen LogP contribution in [0.1, 0.15) is 19.0 Å². The number of aromatic nitrogens is 2. The van der Waals surface area contributed by atoms with Crippen LogP contribution in [0.5, 0.6) is 5.75 Å². The SMILES string of the molecule is CCc1cc(=S)n(CCCOc2ccccc2)[nH]1. The van der Waals surface area contributed by atoms with Crippen LogP contribution < -0.4 is 4.74 Å². The molecule has 0 aliphatic carbocycles. The van der Waals surface area contributed by atoms with Gasteiger partial charge < -0.3 is 9.84 Å². The van der Waals surface area contributed by atoms with E-state index < -0.39 is 0 Å². The Bertz CT molecular complexity index is 530. The van der Waals surface area contributed by atoms with Crippen molar-refractivity contribution in [1.29, 1.82) is 0 Å². The molecule has 0 aliphatic rings. The summed E-state index contributed by atoms with van der Waals surface area (Å²) < 4.78 is 8.51. The first-order valence-corrected chi connectivity index (χ1v) is 6.67. The van der Waals surface area contributed by atoms with Gasteiger partial charge in [0.2, 0.25) is 0 Å². The molecular formula is C14H18N2OS. The van der Waals surface area contributed by atoms with Crippen molar-refractivity contribution in [3.8, 4) is 5.75 Å². The number of nitrogens with zero attached hydrogens (tertiary/aromatic N) is 1. The van der Waals surface area contributed by atoms with Gasteiger partial charge in [0.05, 0.1) is 6.61 Å². The van der Waals surface area contributed by atoms with Crippen molar-refractivity contribution in [2.24, 2.45) is 0 Å². The van der Waals surface area contributed by atoms with Crippen LogP contribution in [0.3, 0.4) is 0 Å². The van der Waals surface area contributed by atoms with E-state index in [4.69, 9.17) is 17.0 Å². The van der Waals surface area contributed by atoms with Gasteiger partial charge in [-0.1, -0.05) is 37.3 Å². The van der Waals surface area contributed by atoms with E-state index in [1.807, 2.05) is 41.1 Å². The van der Waals surface area contributed by atoms with Gasteiger partial charge in [0.1, 0.15) is 10.4 Å². The van der Waals surface area contributed by atoms with Gasteiger partial charge in [-0.25, -0.2) is 0 Å². The molecule has 0 amide bonds. The summed E-state index contributed by atoms with van der Waals surface area (Å²) >= 11 is 5.27. The van der Waals surface area contributed by atoms with E-state index in [0.717, 1.165) is 29.8 Å². The van der Waals surface area contributed by atoms with Crippen molar-refractivity contribution < 1.29 is 4.74 Å². The van der Waals surface area contributed by atoms with E-state index >= 15 is 0 Å². The summed E-state index contributed by atoms with van der Waals surface area (Å²) in [5.41, 5.74) is 1.18. The Morgan fingerprint density at radius 3 is 2.72 bits per heavy atom. The summed E-state index contributed by atoms with van der Waals surface area (Å²) in [4.78, 5) is 0. The minimum atomic E-state index is 0.701. The van der Waals surface area contributed by atoms with Crippen molar-refractivity contribution >= 4 is 12.2 Å². The topological polar surface area (TPSA) is 29.9 Å². The maximum atomic E-state index is 5.64. The Balaban J connectivity index is 1.78. The van der Waals surface area contributed by atoms with Crippen LogP contribution in [0.25, 0.3) is 0 Å². The van der Waals surface area contributed by atoms with Crippen LogP contribution in [0.15, 0.2) is 36.4 Å². The van der Waals surface area contributed by atoms with Crippen LogP contribution in [0.4, 0.5) is 0 Å². The van der Waals surface area contributed by atoms with Crippen molar-refractivity contribution in [1.82, 2.24) is 9.78 Å². The molecule has 1 N–H and O–H groups in total. The lowest BCUT2D eigenvalue weighted by Gasteiger charge is -2.06.